The van der Waals surface area contributed by atoms with Crippen LogP contribution in [0, 0.1) is 5.41 Å². The van der Waals surface area contributed by atoms with Crippen LogP contribution in [0.3, 0.4) is 0 Å². The van der Waals surface area contributed by atoms with E-state index in [1.165, 1.54) is 4.80 Å². The number of hydrogen-bond acceptors (Lipinski definition) is 8. The summed E-state index contributed by atoms with van der Waals surface area (Å²) < 4.78 is 5.95. The molecule has 9 rings (SSSR count). The van der Waals surface area contributed by atoms with Crippen molar-refractivity contribution in [1.29, 1.82) is 0 Å². The van der Waals surface area contributed by atoms with E-state index in [-0.39, 0.29) is 68.9 Å². The number of fused-ring (bicyclic) bond motifs is 20. The number of halogens is 4. The molecule has 7 aromatic rings. The van der Waals surface area contributed by atoms with Gasteiger partial charge in [-0.15, -0.1) is 0 Å². The van der Waals surface area contributed by atoms with Gasteiger partial charge in [-0.05, 0) is 48.2 Å². The minimum Gasteiger partial charge on any atom is -0.492 e. The average Bonchev–Trinajstić information content (AvgIpc) is 3.87. The van der Waals surface area contributed by atoms with Gasteiger partial charge in [-0.3, -0.25) is 4.79 Å². The van der Waals surface area contributed by atoms with E-state index < -0.39 is 11.4 Å². The number of benzene rings is 4. The predicted octanol–water partition coefficient (Wildman–Crippen LogP) is 7.84. The van der Waals surface area contributed by atoms with Crippen LogP contribution in [0.1, 0.15) is 13.8 Å². The molecular formula is C36H20Cl4N9O3Zn+. The molecule has 8 bridgehead atoms. The van der Waals surface area contributed by atoms with E-state index in [1.54, 1.807) is 32.0 Å². The van der Waals surface area contributed by atoms with Crippen LogP contribution in [-0.2, 0) is 24.3 Å². The Labute approximate surface area is 331 Å². The Kier molecular flexibility index (Phi) is 8.63. The molecule has 0 saturated carbocycles. The third-order valence-corrected chi connectivity index (χ3v) is 10.6. The van der Waals surface area contributed by atoms with E-state index >= 15 is 0 Å². The maximum Gasteiger partial charge on any atom is 2.00 e. The summed E-state index contributed by atoms with van der Waals surface area (Å²) in [6.45, 7) is 3.07. The summed E-state index contributed by atoms with van der Waals surface area (Å²) >= 11 is 26.8. The van der Waals surface area contributed by atoms with Crippen molar-refractivity contribution in [2.75, 3.05) is 6.61 Å². The number of carboxylic acid groups (broad SMARTS) is 1. The first kappa shape index (κ1) is 35.3. The Morgan fingerprint density at radius 1 is 0.698 bits per heavy atom. The zero-order valence-corrected chi connectivity index (χ0v) is 33.6. The quantitative estimate of drug-likeness (QED) is 0.0798. The second kappa shape index (κ2) is 13.0. The Balaban J connectivity index is 0.00000400. The van der Waals surface area contributed by atoms with Gasteiger partial charge in [0, 0.05) is 43.3 Å². The van der Waals surface area contributed by atoms with E-state index in [9.17, 15) is 9.90 Å². The Morgan fingerprint density at radius 2 is 1.25 bits per heavy atom. The number of nitrogens with zero attached hydrogens (tertiary/aromatic N) is 9. The van der Waals surface area contributed by atoms with Crippen LogP contribution < -0.4 is 19.5 Å². The molecule has 1 N–H and O–H groups in total. The minimum absolute atomic E-state index is 0. The first-order valence-electron chi connectivity index (χ1n) is 15.7. The van der Waals surface area contributed by atoms with E-state index in [2.05, 4.69) is 0 Å². The molecule has 0 radical (unpaired) electrons. The molecular weight excluding hydrogens is 814 g/mol. The smallest absolute Gasteiger partial charge is 0.492 e. The van der Waals surface area contributed by atoms with Crippen molar-refractivity contribution < 1.29 is 38.9 Å². The van der Waals surface area contributed by atoms with Gasteiger partial charge in [0.05, 0.1) is 37.8 Å². The molecule has 0 fully saturated rings. The van der Waals surface area contributed by atoms with Crippen molar-refractivity contribution in [3.63, 3.8) is 0 Å². The first-order valence-corrected chi connectivity index (χ1v) is 17.2. The van der Waals surface area contributed by atoms with Crippen LogP contribution in [0.5, 0.6) is 5.75 Å². The first-order chi connectivity index (χ1) is 25.0. The standard InChI is InChI=1S/C36H21Cl4N9O3.Zn/c1-36(2,35(50)51)14-52-15-11-12-20-21(13-15)33-45-32(20)44-30-17-8-4-3-7-16(17)28(42-30)41-29-18-9-5-6-10-19(18)31(43-29)46-34-22-23(37)24(38)25(39)26(40)27(22)49(47-33)48-34;/h3-13H,14H2,1-2H3,(H2,41,42,43,44,45,46,47,48,50,51);/q;+2/p-1. The van der Waals surface area contributed by atoms with Gasteiger partial charge in [0.15, 0.2) is 5.82 Å². The summed E-state index contributed by atoms with van der Waals surface area (Å²) in [6, 6.07) is 20.4. The molecule has 4 aromatic carbocycles. The topological polar surface area (TPSA) is 156 Å². The second-order valence-electron chi connectivity index (χ2n) is 12.7. The summed E-state index contributed by atoms with van der Waals surface area (Å²) in [4.78, 5) is 42.2. The molecule has 0 unspecified atom stereocenters. The van der Waals surface area contributed by atoms with Crippen molar-refractivity contribution in [1.82, 2.24) is 40.1 Å². The van der Waals surface area contributed by atoms with Gasteiger partial charge in [0.25, 0.3) is 5.69 Å². The fourth-order valence-corrected chi connectivity index (χ4v) is 6.98. The van der Waals surface area contributed by atoms with Gasteiger partial charge in [-0.2, -0.15) is 0 Å². The molecule has 2 aliphatic heterocycles. The summed E-state index contributed by atoms with van der Waals surface area (Å²) in [6.07, 6.45) is 0. The molecule has 17 heteroatoms. The maximum absolute atomic E-state index is 11.8. The molecule has 2 aliphatic rings. The molecule has 0 spiro atoms. The molecule has 3 aromatic heterocycles. The molecule has 53 heavy (non-hydrogen) atoms. The summed E-state index contributed by atoms with van der Waals surface area (Å²) in [5.41, 5.74) is 2.09. The fourth-order valence-electron chi connectivity index (χ4n) is 5.97. The second-order valence-corrected chi connectivity index (χ2v) is 14.2. The molecule has 0 amide bonds. The van der Waals surface area contributed by atoms with Gasteiger partial charge in [0.1, 0.15) is 22.9 Å². The molecule has 0 atom stereocenters. The van der Waals surface area contributed by atoms with Gasteiger partial charge in [0.2, 0.25) is 0 Å². The van der Waals surface area contributed by atoms with Crippen LogP contribution in [0.2, 0.25) is 20.1 Å². The molecule has 12 nitrogen and oxygen atoms in total. The maximum atomic E-state index is 11.8. The third-order valence-electron chi connectivity index (χ3n) is 8.78. The summed E-state index contributed by atoms with van der Waals surface area (Å²) in [5, 5.41) is 21.9. The van der Waals surface area contributed by atoms with Crippen LogP contribution in [0.15, 0.2) is 66.7 Å². The normalized spacial score (nSPS) is 12.0. The van der Waals surface area contributed by atoms with Gasteiger partial charge in [-0.1, -0.05) is 100 Å². The minimum atomic E-state index is -1.14. The van der Waals surface area contributed by atoms with Crippen LogP contribution in [0.4, 0.5) is 0 Å². The van der Waals surface area contributed by atoms with Crippen molar-refractivity contribution in [3.8, 4) is 45.6 Å². The number of ether oxygens (including phenoxy) is 1. The predicted molar refractivity (Wildman–Crippen MR) is 197 cm³/mol. The number of carbonyl (C=O) groups is 1. The van der Waals surface area contributed by atoms with E-state index in [0.717, 1.165) is 16.5 Å². The zero-order chi connectivity index (χ0) is 36.1. The molecule has 256 valence electrons. The van der Waals surface area contributed by atoms with Crippen LogP contribution in [0.25, 0.3) is 84.0 Å². The summed E-state index contributed by atoms with van der Waals surface area (Å²) in [7, 11) is 0. The van der Waals surface area contributed by atoms with Crippen molar-refractivity contribution in [2.24, 2.45) is 5.41 Å². The molecule has 5 heterocycles. The SMILES string of the molecule is CC(C)(COc1ccc2c3nc4nc(nc5[n-]c(nc6n[n+](nc([n-]3)c2c1)-c1c(Cl)c(Cl)c(Cl)c(Cl)c1-6)c1ccccc51)-c1ccccc1-4)C(=O)O.[Zn+2]. The van der Waals surface area contributed by atoms with Crippen molar-refractivity contribution >= 4 is 96.5 Å². The number of carboxylic acids is 1. The van der Waals surface area contributed by atoms with Crippen molar-refractivity contribution in [3.05, 3.63) is 86.8 Å². The third kappa shape index (κ3) is 5.70. The van der Waals surface area contributed by atoms with E-state index in [0.29, 0.717) is 50.5 Å². The Hall–Kier alpha value is -4.78. The zero-order valence-electron chi connectivity index (χ0n) is 27.6. The number of aromatic nitrogens is 9. The van der Waals surface area contributed by atoms with Crippen molar-refractivity contribution in [2.45, 2.75) is 13.8 Å². The van der Waals surface area contributed by atoms with E-state index in [4.69, 9.17) is 91.2 Å². The molecule has 0 saturated heterocycles. The van der Waals surface area contributed by atoms with Crippen LogP contribution in [-0.4, -0.2) is 47.8 Å². The summed E-state index contributed by atoms with van der Waals surface area (Å²) in [5.74, 6) is 0.320. The van der Waals surface area contributed by atoms with Gasteiger partial charge >= 0.3 is 25.4 Å². The number of hydrogen-bond donors (Lipinski definition) is 1. The largest absolute Gasteiger partial charge is 2.00 e. The van der Waals surface area contributed by atoms with Gasteiger partial charge in [-0.25, -0.2) is 4.98 Å². The number of aliphatic carboxylic acids is 1. The average molecular weight is 834 g/mol. The Morgan fingerprint density at radius 3 is 1.87 bits per heavy atom. The Bertz CT molecular complexity index is 2900. The fraction of sp³-hybridized carbons (Fsp3) is 0.111. The van der Waals surface area contributed by atoms with E-state index in [1.807, 2.05) is 48.5 Å². The molecule has 0 aliphatic carbocycles. The monoisotopic (exact) mass is 830 g/mol. The number of rotatable bonds is 4. The van der Waals surface area contributed by atoms with Gasteiger partial charge < -0.3 is 34.8 Å². The van der Waals surface area contributed by atoms with Crippen LogP contribution >= 0.6 is 46.4 Å².